The van der Waals surface area contributed by atoms with Crippen molar-refractivity contribution >= 4 is 50.2 Å². The van der Waals surface area contributed by atoms with E-state index in [-0.39, 0.29) is 17.9 Å². The number of fused-ring (bicyclic) bond motifs is 5. The SMILES string of the molecule is CCn1c2ccccc2c2cc(NC(=O)C(C)N3C(=O)c4ccccc4C3c3cn(C)c4ccccc34)ccc21. The van der Waals surface area contributed by atoms with Gasteiger partial charge in [0, 0.05) is 69.3 Å². The molecule has 0 saturated heterocycles. The molecule has 6 nitrogen and oxygen atoms in total. The van der Waals surface area contributed by atoms with E-state index in [1.54, 1.807) is 4.90 Å². The third-order valence-electron chi connectivity index (χ3n) is 8.37. The van der Waals surface area contributed by atoms with Crippen LogP contribution < -0.4 is 5.32 Å². The number of aryl methyl sites for hydroxylation is 2. The Morgan fingerprint density at radius 2 is 1.50 bits per heavy atom. The molecule has 2 amide bonds. The van der Waals surface area contributed by atoms with E-state index in [0.29, 0.717) is 11.3 Å². The van der Waals surface area contributed by atoms with Crippen molar-refractivity contribution in [1.29, 1.82) is 0 Å². The number of anilines is 1. The van der Waals surface area contributed by atoms with Gasteiger partial charge >= 0.3 is 0 Å². The molecule has 2 unspecified atom stereocenters. The van der Waals surface area contributed by atoms with Crippen LogP contribution in [0.4, 0.5) is 5.69 Å². The summed E-state index contributed by atoms with van der Waals surface area (Å²) in [6.07, 6.45) is 2.08. The van der Waals surface area contributed by atoms with Crippen molar-refractivity contribution in [3.8, 4) is 0 Å². The number of aromatic nitrogens is 2. The van der Waals surface area contributed by atoms with E-state index in [9.17, 15) is 9.59 Å². The van der Waals surface area contributed by atoms with E-state index in [2.05, 4.69) is 64.0 Å². The molecule has 0 fully saturated rings. The van der Waals surface area contributed by atoms with E-state index >= 15 is 0 Å². The second-order valence-corrected chi connectivity index (χ2v) is 10.6. The van der Waals surface area contributed by atoms with Gasteiger partial charge in [0.05, 0.1) is 6.04 Å². The fourth-order valence-electron chi connectivity index (χ4n) is 6.49. The number of carbonyl (C=O) groups is 2. The highest BCUT2D eigenvalue weighted by atomic mass is 16.2. The van der Waals surface area contributed by atoms with Gasteiger partial charge in [-0.15, -0.1) is 0 Å². The smallest absolute Gasteiger partial charge is 0.255 e. The largest absolute Gasteiger partial charge is 0.350 e. The third kappa shape index (κ3) is 3.49. The van der Waals surface area contributed by atoms with Crippen LogP contribution in [0.2, 0.25) is 0 Å². The highest BCUT2D eigenvalue weighted by Crippen LogP contribution is 2.43. The minimum absolute atomic E-state index is 0.127. The average Bonchev–Trinajstić information content (AvgIpc) is 3.59. The fourth-order valence-corrected chi connectivity index (χ4v) is 6.49. The first-order chi connectivity index (χ1) is 19.5. The van der Waals surface area contributed by atoms with Crippen LogP contribution in [0.15, 0.2) is 97.2 Å². The van der Waals surface area contributed by atoms with Gasteiger partial charge in [0.25, 0.3) is 5.91 Å². The summed E-state index contributed by atoms with van der Waals surface area (Å²) < 4.78 is 4.37. The Bertz CT molecular complexity index is 1960. The molecular weight excluding hydrogens is 496 g/mol. The lowest BCUT2D eigenvalue weighted by atomic mass is 9.97. The zero-order valence-corrected chi connectivity index (χ0v) is 22.8. The van der Waals surface area contributed by atoms with Crippen LogP contribution in [0.1, 0.15) is 41.4 Å². The Morgan fingerprint density at radius 1 is 0.825 bits per heavy atom. The molecule has 2 aromatic heterocycles. The fraction of sp³-hybridized carbons (Fsp3) is 0.176. The van der Waals surface area contributed by atoms with Crippen molar-refractivity contribution in [1.82, 2.24) is 14.0 Å². The molecule has 0 aliphatic carbocycles. The predicted molar refractivity (Wildman–Crippen MR) is 161 cm³/mol. The van der Waals surface area contributed by atoms with E-state index in [1.807, 2.05) is 68.6 Å². The van der Waals surface area contributed by atoms with Gasteiger partial charge in [-0.3, -0.25) is 9.59 Å². The highest BCUT2D eigenvalue weighted by molar-refractivity contribution is 6.10. The molecule has 40 heavy (non-hydrogen) atoms. The molecule has 2 atom stereocenters. The number of nitrogens with one attached hydrogen (secondary N) is 1. The molecule has 4 aromatic carbocycles. The van der Waals surface area contributed by atoms with Gasteiger partial charge < -0.3 is 19.4 Å². The minimum atomic E-state index is -0.698. The van der Waals surface area contributed by atoms with Crippen LogP contribution in [-0.2, 0) is 18.4 Å². The number of rotatable bonds is 5. The van der Waals surface area contributed by atoms with E-state index < -0.39 is 6.04 Å². The maximum absolute atomic E-state index is 13.8. The van der Waals surface area contributed by atoms with Gasteiger partial charge in [0.2, 0.25) is 5.91 Å². The standard InChI is InChI=1S/C34H30N4O2/c1-4-37-30-16-10-8-11-23(30)27-19-22(17-18-31(27)37)35-33(39)21(2)38-32(25-13-5-6-14-26(25)34(38)40)28-20-36(3)29-15-9-7-12-24(28)29/h5-21,32H,4H2,1-3H3,(H,35,39). The Hall–Kier alpha value is -4.84. The molecule has 1 aliphatic rings. The van der Waals surface area contributed by atoms with Crippen LogP contribution in [0.5, 0.6) is 0 Å². The molecule has 6 aromatic rings. The van der Waals surface area contributed by atoms with Gasteiger partial charge in [-0.25, -0.2) is 0 Å². The lowest BCUT2D eigenvalue weighted by molar-refractivity contribution is -0.120. The number of nitrogens with zero attached hydrogens (tertiary/aromatic N) is 3. The maximum atomic E-state index is 13.8. The molecule has 1 N–H and O–H groups in total. The van der Waals surface area contributed by atoms with Crippen molar-refractivity contribution in [3.05, 3.63) is 114 Å². The summed E-state index contributed by atoms with van der Waals surface area (Å²) in [4.78, 5) is 29.3. The van der Waals surface area contributed by atoms with Gasteiger partial charge in [0.1, 0.15) is 6.04 Å². The topological polar surface area (TPSA) is 59.3 Å². The summed E-state index contributed by atoms with van der Waals surface area (Å²) in [5.41, 5.74) is 6.71. The quantitative estimate of drug-likeness (QED) is 0.266. The Labute approximate surface area is 232 Å². The van der Waals surface area contributed by atoms with Crippen molar-refractivity contribution in [2.45, 2.75) is 32.5 Å². The highest BCUT2D eigenvalue weighted by Gasteiger charge is 2.43. The van der Waals surface area contributed by atoms with Gasteiger partial charge in [-0.1, -0.05) is 54.6 Å². The molecule has 1 aliphatic heterocycles. The van der Waals surface area contributed by atoms with Crippen molar-refractivity contribution in [2.24, 2.45) is 7.05 Å². The maximum Gasteiger partial charge on any atom is 0.255 e. The Balaban J connectivity index is 1.27. The molecule has 0 saturated carbocycles. The molecule has 0 bridgehead atoms. The van der Waals surface area contributed by atoms with Crippen molar-refractivity contribution < 1.29 is 9.59 Å². The zero-order valence-electron chi connectivity index (χ0n) is 22.8. The van der Waals surface area contributed by atoms with Crippen molar-refractivity contribution in [3.63, 3.8) is 0 Å². The zero-order chi connectivity index (χ0) is 27.5. The lowest BCUT2D eigenvalue weighted by Crippen LogP contribution is -2.44. The van der Waals surface area contributed by atoms with Crippen LogP contribution in [0.25, 0.3) is 32.7 Å². The summed E-state index contributed by atoms with van der Waals surface area (Å²) >= 11 is 0. The molecule has 6 heteroatoms. The van der Waals surface area contributed by atoms with Crippen LogP contribution in [-0.4, -0.2) is 31.9 Å². The molecule has 0 spiro atoms. The predicted octanol–water partition coefficient (Wildman–Crippen LogP) is 6.88. The number of benzene rings is 4. The Morgan fingerprint density at radius 3 is 2.30 bits per heavy atom. The first-order valence-corrected chi connectivity index (χ1v) is 13.7. The molecule has 0 radical (unpaired) electrons. The number of hydrogen-bond donors (Lipinski definition) is 1. The van der Waals surface area contributed by atoms with Crippen LogP contribution in [0.3, 0.4) is 0 Å². The first kappa shape index (κ1) is 24.2. The first-order valence-electron chi connectivity index (χ1n) is 13.7. The minimum Gasteiger partial charge on any atom is -0.350 e. The van der Waals surface area contributed by atoms with Crippen molar-refractivity contribution in [2.75, 3.05) is 5.32 Å². The third-order valence-corrected chi connectivity index (χ3v) is 8.37. The van der Waals surface area contributed by atoms with E-state index in [1.165, 1.54) is 5.52 Å². The summed E-state index contributed by atoms with van der Waals surface area (Å²) in [6, 6.07) is 29.2. The van der Waals surface area contributed by atoms with Crippen LogP contribution in [0, 0.1) is 0 Å². The summed E-state index contributed by atoms with van der Waals surface area (Å²) in [6.45, 7) is 4.82. The molecular formula is C34H30N4O2. The monoisotopic (exact) mass is 526 g/mol. The number of amides is 2. The number of para-hydroxylation sites is 2. The van der Waals surface area contributed by atoms with Gasteiger partial charge in [-0.2, -0.15) is 0 Å². The summed E-state index contributed by atoms with van der Waals surface area (Å²) in [7, 11) is 2.01. The second kappa shape index (κ2) is 9.12. The van der Waals surface area contributed by atoms with Gasteiger partial charge in [-0.05, 0) is 55.8 Å². The van der Waals surface area contributed by atoms with Crippen LogP contribution >= 0.6 is 0 Å². The number of hydrogen-bond acceptors (Lipinski definition) is 2. The summed E-state index contributed by atoms with van der Waals surface area (Å²) in [5.74, 6) is -0.345. The Kier molecular flexibility index (Phi) is 5.52. The molecule has 198 valence electrons. The van der Waals surface area contributed by atoms with E-state index in [4.69, 9.17) is 0 Å². The number of carbonyl (C=O) groups excluding carboxylic acids is 2. The summed E-state index contributed by atoms with van der Waals surface area (Å²) in [5, 5.41) is 6.45. The second-order valence-electron chi connectivity index (χ2n) is 10.6. The van der Waals surface area contributed by atoms with Gasteiger partial charge in [0.15, 0.2) is 0 Å². The molecule has 7 rings (SSSR count). The normalized spacial score (nSPS) is 15.7. The lowest BCUT2D eigenvalue weighted by Gasteiger charge is -2.30. The molecule has 3 heterocycles. The van der Waals surface area contributed by atoms with E-state index in [0.717, 1.165) is 44.9 Å². The average molecular weight is 527 g/mol.